The molecule has 0 heterocycles. The standard InChI is InChI=1S/C9H9Cl2N3O4/c1-4(9(15)13-12)18-8-3-6(11)5(10)2-7(8)14(16)17/h2-4H,12H2,1H3,(H,13,15). The van der Waals surface area contributed by atoms with E-state index >= 15 is 0 Å². The lowest BCUT2D eigenvalue weighted by molar-refractivity contribution is -0.386. The van der Waals surface area contributed by atoms with Gasteiger partial charge in [-0.3, -0.25) is 20.3 Å². The predicted molar refractivity (Wildman–Crippen MR) is 65.5 cm³/mol. The van der Waals surface area contributed by atoms with Gasteiger partial charge in [-0.25, -0.2) is 5.84 Å². The molecule has 0 fully saturated rings. The second-order valence-corrected chi connectivity index (χ2v) is 4.07. The minimum Gasteiger partial charge on any atom is -0.474 e. The second kappa shape index (κ2) is 5.85. The number of nitro benzene ring substituents is 1. The zero-order chi connectivity index (χ0) is 13.9. The average Bonchev–Trinajstić information content (AvgIpc) is 2.31. The van der Waals surface area contributed by atoms with Gasteiger partial charge in [-0.2, -0.15) is 0 Å². The molecule has 1 aromatic carbocycles. The number of hydrazine groups is 1. The monoisotopic (exact) mass is 293 g/mol. The van der Waals surface area contributed by atoms with E-state index in [0.717, 1.165) is 6.07 Å². The van der Waals surface area contributed by atoms with Gasteiger partial charge in [0.25, 0.3) is 5.91 Å². The van der Waals surface area contributed by atoms with Gasteiger partial charge >= 0.3 is 5.69 Å². The number of nitrogens with two attached hydrogens (primary N) is 1. The number of benzene rings is 1. The van der Waals surface area contributed by atoms with Crippen LogP contribution >= 0.6 is 23.2 Å². The summed E-state index contributed by atoms with van der Waals surface area (Å²) in [6, 6.07) is 2.22. The van der Waals surface area contributed by atoms with Crippen LogP contribution in [0, 0.1) is 10.1 Å². The fourth-order valence-electron chi connectivity index (χ4n) is 1.12. The summed E-state index contributed by atoms with van der Waals surface area (Å²) in [5.74, 6) is 4.13. The van der Waals surface area contributed by atoms with Crippen LogP contribution in [0.3, 0.4) is 0 Å². The Morgan fingerprint density at radius 3 is 2.56 bits per heavy atom. The van der Waals surface area contributed by atoms with Crippen molar-refractivity contribution < 1.29 is 14.5 Å². The Labute approximate surface area is 112 Å². The first-order chi connectivity index (χ1) is 8.36. The Balaban J connectivity index is 3.11. The van der Waals surface area contributed by atoms with Crippen LogP contribution in [0.25, 0.3) is 0 Å². The van der Waals surface area contributed by atoms with Gasteiger partial charge in [0.2, 0.25) is 0 Å². The lowest BCUT2D eigenvalue weighted by Crippen LogP contribution is -2.40. The highest BCUT2D eigenvalue weighted by atomic mass is 35.5. The van der Waals surface area contributed by atoms with Crippen molar-refractivity contribution in [3.63, 3.8) is 0 Å². The van der Waals surface area contributed by atoms with Gasteiger partial charge < -0.3 is 4.74 Å². The average molecular weight is 294 g/mol. The molecule has 0 saturated heterocycles. The minimum atomic E-state index is -1.01. The normalized spacial score (nSPS) is 11.8. The van der Waals surface area contributed by atoms with E-state index in [-0.39, 0.29) is 21.5 Å². The van der Waals surface area contributed by atoms with Crippen LogP contribution in [0.2, 0.25) is 10.0 Å². The number of rotatable bonds is 4. The molecule has 1 unspecified atom stereocenters. The first-order valence-corrected chi connectivity index (χ1v) is 5.43. The van der Waals surface area contributed by atoms with Gasteiger partial charge in [0, 0.05) is 12.1 Å². The summed E-state index contributed by atoms with van der Waals surface area (Å²) in [7, 11) is 0. The molecular weight excluding hydrogens is 285 g/mol. The summed E-state index contributed by atoms with van der Waals surface area (Å²) >= 11 is 11.4. The molecule has 0 bridgehead atoms. The quantitative estimate of drug-likeness (QED) is 0.380. The van der Waals surface area contributed by atoms with Gasteiger partial charge in [-0.1, -0.05) is 23.2 Å². The molecule has 0 aliphatic heterocycles. The van der Waals surface area contributed by atoms with Gasteiger partial charge in [-0.15, -0.1) is 0 Å². The summed E-state index contributed by atoms with van der Waals surface area (Å²) in [4.78, 5) is 21.3. The highest BCUT2D eigenvalue weighted by Gasteiger charge is 2.22. The number of carbonyl (C=O) groups is 1. The van der Waals surface area contributed by atoms with E-state index < -0.39 is 16.9 Å². The van der Waals surface area contributed by atoms with Crippen molar-refractivity contribution in [1.82, 2.24) is 5.43 Å². The first-order valence-electron chi connectivity index (χ1n) is 4.67. The van der Waals surface area contributed by atoms with Crippen LogP contribution in [0.1, 0.15) is 6.92 Å². The molecule has 0 aromatic heterocycles. The van der Waals surface area contributed by atoms with Crippen molar-refractivity contribution in [3.8, 4) is 5.75 Å². The Kier molecular flexibility index (Phi) is 4.71. The number of nitrogens with one attached hydrogen (secondary N) is 1. The SMILES string of the molecule is CC(Oc1cc(Cl)c(Cl)cc1[N+](=O)[O-])C(=O)NN. The molecule has 98 valence electrons. The number of nitro groups is 1. The number of ether oxygens (including phenoxy) is 1. The van der Waals surface area contributed by atoms with E-state index in [1.807, 2.05) is 5.43 Å². The van der Waals surface area contributed by atoms with Crippen LogP contribution in [0.15, 0.2) is 12.1 Å². The molecule has 9 heteroatoms. The fourth-order valence-corrected chi connectivity index (χ4v) is 1.43. The zero-order valence-corrected chi connectivity index (χ0v) is 10.7. The summed E-state index contributed by atoms with van der Waals surface area (Å²) < 4.78 is 5.12. The van der Waals surface area contributed by atoms with Gasteiger partial charge in [0.1, 0.15) is 0 Å². The van der Waals surface area contributed by atoms with Crippen LogP contribution in [-0.4, -0.2) is 16.9 Å². The molecule has 0 aliphatic carbocycles. The van der Waals surface area contributed by atoms with Gasteiger partial charge in [0.15, 0.2) is 11.9 Å². The molecule has 3 N–H and O–H groups in total. The van der Waals surface area contributed by atoms with Crippen molar-refractivity contribution in [3.05, 3.63) is 32.3 Å². The van der Waals surface area contributed by atoms with Crippen molar-refractivity contribution in [2.24, 2.45) is 5.84 Å². The van der Waals surface area contributed by atoms with Crippen LogP contribution in [-0.2, 0) is 4.79 Å². The van der Waals surface area contributed by atoms with E-state index in [4.69, 9.17) is 33.8 Å². The topological polar surface area (TPSA) is 107 Å². The van der Waals surface area contributed by atoms with E-state index in [0.29, 0.717) is 0 Å². The number of hydrogen-bond acceptors (Lipinski definition) is 5. The van der Waals surface area contributed by atoms with E-state index in [2.05, 4.69) is 0 Å². The smallest absolute Gasteiger partial charge is 0.312 e. The Bertz CT molecular complexity index is 495. The first kappa shape index (κ1) is 14.5. The predicted octanol–water partition coefficient (Wildman–Crippen LogP) is 1.66. The molecule has 0 radical (unpaired) electrons. The van der Waals surface area contributed by atoms with Crippen molar-refractivity contribution in [1.29, 1.82) is 0 Å². The largest absolute Gasteiger partial charge is 0.474 e. The summed E-state index contributed by atoms with van der Waals surface area (Å²) in [6.07, 6.45) is -1.01. The van der Waals surface area contributed by atoms with Gasteiger partial charge in [0.05, 0.1) is 15.0 Å². The molecule has 1 atom stereocenters. The summed E-state index contributed by atoms with van der Waals surface area (Å²) in [6.45, 7) is 1.38. The zero-order valence-electron chi connectivity index (χ0n) is 9.15. The molecule has 0 saturated carbocycles. The highest BCUT2D eigenvalue weighted by Crippen LogP contribution is 2.36. The van der Waals surface area contributed by atoms with E-state index in [1.165, 1.54) is 13.0 Å². The van der Waals surface area contributed by atoms with Crippen LogP contribution < -0.4 is 16.0 Å². The highest BCUT2D eigenvalue weighted by molar-refractivity contribution is 6.42. The van der Waals surface area contributed by atoms with E-state index in [1.54, 1.807) is 0 Å². The van der Waals surface area contributed by atoms with Crippen molar-refractivity contribution in [2.45, 2.75) is 13.0 Å². The lowest BCUT2D eigenvalue weighted by Gasteiger charge is -2.13. The van der Waals surface area contributed by atoms with Crippen LogP contribution in [0.5, 0.6) is 5.75 Å². The third-order valence-electron chi connectivity index (χ3n) is 2.01. The number of hydrogen-bond donors (Lipinski definition) is 2. The molecular formula is C9H9Cl2N3O4. The van der Waals surface area contributed by atoms with Gasteiger partial charge in [-0.05, 0) is 6.92 Å². The maximum absolute atomic E-state index is 11.2. The number of nitrogens with zero attached hydrogens (tertiary/aromatic N) is 1. The Morgan fingerprint density at radius 1 is 1.50 bits per heavy atom. The molecule has 0 spiro atoms. The maximum Gasteiger partial charge on any atom is 0.312 e. The minimum absolute atomic E-state index is 0.0200. The number of carbonyl (C=O) groups excluding carboxylic acids is 1. The number of amides is 1. The second-order valence-electron chi connectivity index (χ2n) is 3.26. The fraction of sp³-hybridized carbons (Fsp3) is 0.222. The Hall–Kier alpha value is -1.57. The molecule has 1 aromatic rings. The third-order valence-corrected chi connectivity index (χ3v) is 2.74. The van der Waals surface area contributed by atoms with Crippen molar-refractivity contribution in [2.75, 3.05) is 0 Å². The third kappa shape index (κ3) is 3.22. The molecule has 18 heavy (non-hydrogen) atoms. The molecule has 7 nitrogen and oxygen atoms in total. The molecule has 0 aliphatic rings. The van der Waals surface area contributed by atoms with E-state index in [9.17, 15) is 14.9 Å². The molecule has 1 amide bonds. The lowest BCUT2D eigenvalue weighted by atomic mass is 10.3. The summed E-state index contributed by atoms with van der Waals surface area (Å²) in [5, 5.41) is 10.9. The summed E-state index contributed by atoms with van der Waals surface area (Å²) in [5.41, 5.74) is 1.48. The Morgan fingerprint density at radius 2 is 2.06 bits per heavy atom. The van der Waals surface area contributed by atoms with Crippen molar-refractivity contribution >= 4 is 34.8 Å². The molecule has 1 rings (SSSR count). The maximum atomic E-state index is 11.2. The van der Waals surface area contributed by atoms with Crippen LogP contribution in [0.4, 0.5) is 5.69 Å². The number of halogens is 2.